The number of aromatic amines is 1. The molecule has 0 spiro atoms. The van der Waals surface area contributed by atoms with Gasteiger partial charge in [0.05, 0.1) is 5.56 Å². The van der Waals surface area contributed by atoms with Gasteiger partial charge in [0.2, 0.25) is 0 Å². The molecule has 3 heterocycles. The zero-order chi connectivity index (χ0) is 18.8. The lowest BCUT2D eigenvalue weighted by Crippen LogP contribution is -2.38. The number of hydrogen-bond donors (Lipinski definition) is 3. The molecule has 3 N–H and O–H groups in total. The number of benzene rings is 1. The summed E-state index contributed by atoms with van der Waals surface area (Å²) in [6.45, 7) is 6.98. The Morgan fingerprint density at radius 2 is 1.96 bits per heavy atom. The van der Waals surface area contributed by atoms with E-state index in [0.29, 0.717) is 11.3 Å². The second-order valence-electron chi connectivity index (χ2n) is 8.85. The van der Waals surface area contributed by atoms with Gasteiger partial charge in [-0.25, -0.2) is 0 Å². The fraction of sp³-hybridized carbons (Fsp3) is 0.409. The number of amides is 1. The van der Waals surface area contributed by atoms with Crippen LogP contribution in [0.4, 0.5) is 5.00 Å². The standard InChI is InChI=1S/C22H25N3OS/c1-22(2,3)12-8-9-14-17(10-12)27-21-18(14)20(26)24-19(25-21)15-11-23-16-7-5-4-6-13(15)16/h4-7,11-12,19,23,25H,8-10H2,1-3H3,(H,24,26)/t12-,19-/m1/s1. The average molecular weight is 380 g/mol. The molecule has 2 aliphatic rings. The molecule has 0 bridgehead atoms. The van der Waals surface area contributed by atoms with Gasteiger partial charge in [-0.1, -0.05) is 39.0 Å². The van der Waals surface area contributed by atoms with Gasteiger partial charge in [-0.2, -0.15) is 0 Å². The van der Waals surface area contributed by atoms with E-state index in [2.05, 4.69) is 48.5 Å². The number of carbonyl (C=O) groups is 1. The van der Waals surface area contributed by atoms with Crippen LogP contribution in [-0.2, 0) is 12.8 Å². The smallest absolute Gasteiger partial charge is 0.256 e. The number of fused-ring (bicyclic) bond motifs is 4. The molecule has 1 amide bonds. The van der Waals surface area contributed by atoms with E-state index in [4.69, 9.17) is 0 Å². The minimum atomic E-state index is -0.195. The Kier molecular flexibility index (Phi) is 3.66. The molecule has 2 atom stereocenters. The van der Waals surface area contributed by atoms with Crippen LogP contribution in [0.15, 0.2) is 30.5 Å². The Hall–Kier alpha value is -2.27. The SMILES string of the molecule is CC(C)(C)[C@@H]1CCc2c(sc3c2C(=O)N[C@@H](c2c[nH]c4ccccc24)N3)C1. The first kappa shape index (κ1) is 16.9. The molecule has 1 aliphatic heterocycles. The first-order valence-electron chi connectivity index (χ1n) is 9.70. The van der Waals surface area contributed by atoms with Crippen molar-refractivity contribution < 1.29 is 4.79 Å². The highest BCUT2D eigenvalue weighted by atomic mass is 32.1. The summed E-state index contributed by atoms with van der Waals surface area (Å²) < 4.78 is 0. The molecular formula is C22H25N3OS. The van der Waals surface area contributed by atoms with E-state index < -0.39 is 0 Å². The normalized spacial score (nSPS) is 22.1. The van der Waals surface area contributed by atoms with Gasteiger partial charge < -0.3 is 15.6 Å². The molecule has 1 aliphatic carbocycles. The van der Waals surface area contributed by atoms with Gasteiger partial charge >= 0.3 is 0 Å². The molecule has 0 saturated carbocycles. The molecule has 0 fully saturated rings. The van der Waals surface area contributed by atoms with Gasteiger partial charge in [-0.05, 0) is 42.2 Å². The molecule has 0 unspecified atom stereocenters. The molecule has 1 aromatic carbocycles. The molecule has 5 heteroatoms. The summed E-state index contributed by atoms with van der Waals surface area (Å²) in [5, 5.41) is 8.96. The molecule has 0 saturated heterocycles. The summed E-state index contributed by atoms with van der Waals surface area (Å²) >= 11 is 1.79. The van der Waals surface area contributed by atoms with Crippen molar-refractivity contribution in [3.05, 3.63) is 52.0 Å². The number of nitrogens with one attached hydrogen (secondary N) is 3. The number of hydrogen-bond acceptors (Lipinski definition) is 3. The van der Waals surface area contributed by atoms with E-state index in [1.54, 1.807) is 11.3 Å². The fourth-order valence-electron chi connectivity index (χ4n) is 4.53. The van der Waals surface area contributed by atoms with Crippen LogP contribution in [0.5, 0.6) is 0 Å². The monoisotopic (exact) mass is 379 g/mol. The Labute approximate surface area is 163 Å². The van der Waals surface area contributed by atoms with Crippen molar-refractivity contribution in [3.8, 4) is 0 Å². The van der Waals surface area contributed by atoms with Crippen LogP contribution in [-0.4, -0.2) is 10.9 Å². The third-order valence-corrected chi connectivity index (χ3v) is 7.39. The third kappa shape index (κ3) is 2.67. The van der Waals surface area contributed by atoms with Crippen molar-refractivity contribution in [2.75, 3.05) is 5.32 Å². The highest BCUT2D eigenvalue weighted by Gasteiger charge is 2.36. The van der Waals surface area contributed by atoms with Crippen LogP contribution in [0.25, 0.3) is 10.9 Å². The maximum Gasteiger partial charge on any atom is 0.256 e. The summed E-state index contributed by atoms with van der Waals surface area (Å²) in [5.74, 6) is 0.739. The Balaban J connectivity index is 1.50. The van der Waals surface area contributed by atoms with Crippen LogP contribution in [0.3, 0.4) is 0 Å². The van der Waals surface area contributed by atoms with Gasteiger partial charge in [0.25, 0.3) is 5.91 Å². The van der Waals surface area contributed by atoms with Gasteiger partial charge in [0.15, 0.2) is 0 Å². The Morgan fingerprint density at radius 3 is 2.78 bits per heavy atom. The predicted octanol–water partition coefficient (Wildman–Crippen LogP) is 5.23. The minimum absolute atomic E-state index is 0.0609. The average Bonchev–Trinajstić information content (AvgIpc) is 3.21. The second-order valence-corrected chi connectivity index (χ2v) is 9.96. The lowest BCUT2D eigenvalue weighted by Gasteiger charge is -2.34. The van der Waals surface area contributed by atoms with E-state index in [0.717, 1.165) is 39.9 Å². The van der Waals surface area contributed by atoms with Gasteiger partial charge in [0, 0.05) is 27.5 Å². The number of carbonyl (C=O) groups excluding carboxylic acids is 1. The molecule has 3 aromatic rings. The van der Waals surface area contributed by atoms with Gasteiger partial charge in [-0.15, -0.1) is 11.3 Å². The third-order valence-electron chi connectivity index (χ3n) is 6.20. The Morgan fingerprint density at radius 1 is 1.15 bits per heavy atom. The van der Waals surface area contributed by atoms with Crippen molar-refractivity contribution in [2.45, 2.75) is 46.2 Å². The molecule has 27 heavy (non-hydrogen) atoms. The fourth-order valence-corrected chi connectivity index (χ4v) is 5.88. The zero-order valence-electron chi connectivity index (χ0n) is 16.0. The molecular weight excluding hydrogens is 354 g/mol. The summed E-state index contributed by atoms with van der Waals surface area (Å²) in [6, 6.07) is 8.21. The van der Waals surface area contributed by atoms with Crippen molar-refractivity contribution >= 4 is 33.1 Å². The quantitative estimate of drug-likeness (QED) is 0.542. The Bertz CT molecular complexity index is 1040. The number of rotatable bonds is 1. The van der Waals surface area contributed by atoms with Crippen LogP contribution in [0.2, 0.25) is 0 Å². The lowest BCUT2D eigenvalue weighted by atomic mass is 9.72. The number of aromatic nitrogens is 1. The first-order valence-corrected chi connectivity index (χ1v) is 10.5. The molecule has 4 nitrogen and oxygen atoms in total. The topological polar surface area (TPSA) is 56.9 Å². The van der Waals surface area contributed by atoms with Gasteiger partial charge in [-0.3, -0.25) is 4.79 Å². The molecule has 140 valence electrons. The first-order chi connectivity index (χ1) is 12.9. The summed E-state index contributed by atoms with van der Waals surface area (Å²) in [4.78, 5) is 17.7. The van der Waals surface area contributed by atoms with Crippen molar-refractivity contribution in [1.29, 1.82) is 0 Å². The van der Waals surface area contributed by atoms with Gasteiger partial charge in [0.1, 0.15) is 11.2 Å². The van der Waals surface area contributed by atoms with Crippen molar-refractivity contribution in [3.63, 3.8) is 0 Å². The van der Waals surface area contributed by atoms with E-state index in [1.165, 1.54) is 16.9 Å². The number of thiophene rings is 1. The predicted molar refractivity (Wildman–Crippen MR) is 111 cm³/mol. The second kappa shape index (κ2) is 5.86. The summed E-state index contributed by atoms with van der Waals surface area (Å²) in [5.41, 5.74) is 4.65. The van der Waals surface area contributed by atoms with Crippen LogP contribution >= 0.6 is 11.3 Å². The van der Waals surface area contributed by atoms with E-state index in [1.807, 2.05) is 18.3 Å². The minimum Gasteiger partial charge on any atom is -0.361 e. The molecule has 2 aromatic heterocycles. The maximum atomic E-state index is 13.0. The van der Waals surface area contributed by atoms with Crippen LogP contribution < -0.4 is 10.6 Å². The van der Waals surface area contributed by atoms with Crippen LogP contribution in [0, 0.1) is 11.3 Å². The number of para-hydroxylation sites is 1. The van der Waals surface area contributed by atoms with Crippen molar-refractivity contribution in [1.82, 2.24) is 10.3 Å². The van der Waals surface area contributed by atoms with E-state index in [9.17, 15) is 4.79 Å². The van der Waals surface area contributed by atoms with E-state index in [-0.39, 0.29) is 12.1 Å². The van der Waals surface area contributed by atoms with Crippen molar-refractivity contribution in [2.24, 2.45) is 11.3 Å². The number of anilines is 1. The lowest BCUT2D eigenvalue weighted by molar-refractivity contribution is 0.0935. The summed E-state index contributed by atoms with van der Waals surface area (Å²) in [6.07, 6.45) is 5.06. The molecule has 0 radical (unpaired) electrons. The number of H-pyrrole nitrogens is 1. The molecule has 5 rings (SSSR count). The van der Waals surface area contributed by atoms with Crippen LogP contribution in [0.1, 0.15) is 59.7 Å². The highest BCUT2D eigenvalue weighted by Crippen LogP contribution is 2.46. The highest BCUT2D eigenvalue weighted by molar-refractivity contribution is 7.16. The largest absolute Gasteiger partial charge is 0.361 e. The van der Waals surface area contributed by atoms with E-state index >= 15 is 0 Å². The summed E-state index contributed by atoms with van der Waals surface area (Å²) in [7, 11) is 0. The zero-order valence-corrected chi connectivity index (χ0v) is 16.8. The maximum absolute atomic E-state index is 13.0.